The molecule has 0 saturated heterocycles. The van der Waals surface area contributed by atoms with E-state index < -0.39 is 6.10 Å². The number of hydrogen-bond acceptors (Lipinski definition) is 4. The molecule has 1 heterocycles. The zero-order chi connectivity index (χ0) is 19.2. The van der Waals surface area contributed by atoms with Crippen molar-refractivity contribution in [2.45, 2.75) is 39.2 Å². The van der Waals surface area contributed by atoms with Gasteiger partial charge in [0.05, 0.1) is 12.8 Å². The van der Waals surface area contributed by atoms with Crippen LogP contribution in [0.3, 0.4) is 0 Å². The van der Waals surface area contributed by atoms with Crippen molar-refractivity contribution in [3.05, 3.63) is 71.5 Å². The van der Waals surface area contributed by atoms with Gasteiger partial charge in [-0.2, -0.15) is 0 Å². The summed E-state index contributed by atoms with van der Waals surface area (Å²) in [5, 5.41) is 2.03. The number of carbonyl (C=O) groups is 1. The van der Waals surface area contributed by atoms with Crippen LogP contribution in [0.1, 0.15) is 49.6 Å². The summed E-state index contributed by atoms with van der Waals surface area (Å²) in [6.45, 7) is 3.59. The molecule has 0 amide bonds. The van der Waals surface area contributed by atoms with Crippen molar-refractivity contribution in [1.82, 2.24) is 4.98 Å². The molecule has 0 saturated carbocycles. The van der Waals surface area contributed by atoms with E-state index in [0.29, 0.717) is 0 Å². The fourth-order valence-electron chi connectivity index (χ4n) is 3.30. The van der Waals surface area contributed by atoms with Crippen LogP contribution in [0.5, 0.6) is 5.75 Å². The van der Waals surface area contributed by atoms with E-state index in [4.69, 9.17) is 9.47 Å². The number of esters is 1. The third-order valence-corrected chi connectivity index (χ3v) is 4.65. The van der Waals surface area contributed by atoms with Gasteiger partial charge in [-0.1, -0.05) is 49.7 Å². The summed E-state index contributed by atoms with van der Waals surface area (Å²) in [5.41, 5.74) is 2.74. The van der Waals surface area contributed by atoms with Gasteiger partial charge in [-0.25, -0.2) is 0 Å². The highest BCUT2D eigenvalue weighted by Crippen LogP contribution is 2.33. The molecule has 0 aliphatic heterocycles. The summed E-state index contributed by atoms with van der Waals surface area (Å²) in [5.74, 6) is 0.474. The molecule has 4 nitrogen and oxygen atoms in total. The first-order chi connectivity index (χ1) is 13.1. The van der Waals surface area contributed by atoms with Gasteiger partial charge >= 0.3 is 5.97 Å². The molecule has 3 aromatic rings. The molecule has 1 unspecified atom stereocenters. The number of pyridine rings is 1. The second-order valence-electron chi connectivity index (χ2n) is 6.58. The fraction of sp³-hybridized carbons (Fsp3) is 0.304. The Bertz CT molecular complexity index is 931. The highest BCUT2D eigenvalue weighted by molar-refractivity contribution is 5.85. The fourth-order valence-corrected chi connectivity index (χ4v) is 3.30. The quantitative estimate of drug-likeness (QED) is 0.539. The minimum Gasteiger partial charge on any atom is -0.496 e. The number of benzene rings is 2. The Balaban J connectivity index is 2.08. The van der Waals surface area contributed by atoms with Crippen molar-refractivity contribution in [3.63, 3.8) is 0 Å². The summed E-state index contributed by atoms with van der Waals surface area (Å²) >= 11 is 0. The predicted octanol–water partition coefficient (Wildman–Crippen LogP) is 5.24. The Labute approximate surface area is 160 Å². The Morgan fingerprint density at radius 1 is 1.15 bits per heavy atom. The molecular weight excluding hydrogens is 338 g/mol. The maximum atomic E-state index is 11.8. The molecule has 0 N–H and O–H groups in total. The molecule has 0 spiro atoms. The number of hydrogen-bond donors (Lipinski definition) is 0. The molecule has 4 heteroatoms. The van der Waals surface area contributed by atoms with Crippen LogP contribution in [0.4, 0.5) is 0 Å². The van der Waals surface area contributed by atoms with Crippen LogP contribution in [0.15, 0.2) is 54.7 Å². The maximum Gasteiger partial charge on any atom is 0.303 e. The van der Waals surface area contributed by atoms with Crippen LogP contribution in [0.25, 0.3) is 10.8 Å². The summed E-state index contributed by atoms with van der Waals surface area (Å²) in [7, 11) is 1.67. The monoisotopic (exact) mass is 363 g/mol. The topological polar surface area (TPSA) is 48.4 Å². The lowest BCUT2D eigenvalue weighted by Crippen LogP contribution is -2.12. The Hall–Kier alpha value is -2.88. The lowest BCUT2D eigenvalue weighted by Gasteiger charge is -2.20. The van der Waals surface area contributed by atoms with Crippen LogP contribution in [0, 0.1) is 0 Å². The van der Waals surface area contributed by atoms with Gasteiger partial charge in [0.25, 0.3) is 0 Å². The number of aryl methyl sites for hydroxylation is 1. The number of aromatic nitrogens is 1. The van der Waals surface area contributed by atoms with Gasteiger partial charge in [0.1, 0.15) is 5.75 Å². The van der Waals surface area contributed by atoms with E-state index in [1.165, 1.54) is 6.92 Å². The van der Waals surface area contributed by atoms with Gasteiger partial charge in [0.15, 0.2) is 6.10 Å². The summed E-state index contributed by atoms with van der Waals surface area (Å²) < 4.78 is 11.3. The number of methoxy groups -OCH3 is 1. The first-order valence-electron chi connectivity index (χ1n) is 9.31. The Morgan fingerprint density at radius 2 is 1.96 bits per heavy atom. The van der Waals surface area contributed by atoms with Crippen molar-refractivity contribution >= 4 is 16.7 Å². The lowest BCUT2D eigenvalue weighted by atomic mass is 9.98. The van der Waals surface area contributed by atoms with Crippen LogP contribution >= 0.6 is 0 Å². The van der Waals surface area contributed by atoms with Crippen LogP contribution < -0.4 is 4.74 Å². The third-order valence-electron chi connectivity index (χ3n) is 4.65. The summed E-state index contributed by atoms with van der Waals surface area (Å²) in [6.07, 6.45) is 4.36. The molecular formula is C23H25NO3. The van der Waals surface area contributed by atoms with Crippen molar-refractivity contribution in [2.75, 3.05) is 7.11 Å². The number of ether oxygens (including phenoxy) is 2. The van der Waals surface area contributed by atoms with E-state index in [2.05, 4.69) is 18.0 Å². The van der Waals surface area contributed by atoms with Crippen molar-refractivity contribution in [1.29, 1.82) is 0 Å². The molecule has 27 heavy (non-hydrogen) atoms. The molecule has 1 atom stereocenters. The Morgan fingerprint density at radius 3 is 2.70 bits per heavy atom. The normalized spacial score (nSPS) is 12.0. The second-order valence-corrected chi connectivity index (χ2v) is 6.58. The smallest absolute Gasteiger partial charge is 0.303 e. The minimum absolute atomic E-state index is 0.344. The van der Waals surface area contributed by atoms with Crippen molar-refractivity contribution in [2.24, 2.45) is 0 Å². The van der Waals surface area contributed by atoms with Gasteiger partial charge in [-0.3, -0.25) is 9.78 Å². The van der Waals surface area contributed by atoms with Crippen molar-refractivity contribution < 1.29 is 14.3 Å². The first-order valence-corrected chi connectivity index (χ1v) is 9.31. The molecule has 0 aliphatic carbocycles. The van der Waals surface area contributed by atoms with E-state index in [1.54, 1.807) is 13.3 Å². The van der Waals surface area contributed by atoms with Crippen LogP contribution in [-0.2, 0) is 16.0 Å². The van der Waals surface area contributed by atoms with Crippen molar-refractivity contribution in [3.8, 4) is 5.75 Å². The molecule has 3 rings (SSSR count). The largest absolute Gasteiger partial charge is 0.496 e. The molecule has 2 aromatic carbocycles. The minimum atomic E-state index is -0.581. The van der Waals surface area contributed by atoms with E-state index in [0.717, 1.165) is 52.6 Å². The average Bonchev–Trinajstić information content (AvgIpc) is 2.70. The molecule has 0 bridgehead atoms. The highest BCUT2D eigenvalue weighted by Gasteiger charge is 2.22. The lowest BCUT2D eigenvalue weighted by molar-refractivity contribution is -0.144. The zero-order valence-corrected chi connectivity index (χ0v) is 16.1. The van der Waals surface area contributed by atoms with E-state index in [1.807, 2.05) is 42.5 Å². The number of unbranched alkanes of at least 4 members (excludes halogenated alkanes) is 1. The van der Waals surface area contributed by atoms with Crippen LogP contribution in [-0.4, -0.2) is 18.1 Å². The highest BCUT2D eigenvalue weighted by atomic mass is 16.5. The molecule has 140 valence electrons. The standard InChI is InChI=1S/C23H25NO3/c1-4-5-8-18-11-12-19(15-21(18)26-3)23(27-16(2)25)22-20-10-7-6-9-17(20)13-14-24-22/h6-7,9-15,23H,4-5,8H2,1-3H3. The van der Waals surface area contributed by atoms with Gasteiger partial charge in [-0.05, 0) is 35.9 Å². The molecule has 0 fully saturated rings. The average molecular weight is 363 g/mol. The van der Waals surface area contributed by atoms with E-state index in [-0.39, 0.29) is 5.97 Å². The molecule has 0 aliphatic rings. The SMILES string of the molecule is CCCCc1ccc(C(OC(C)=O)c2nccc3ccccc23)cc1OC. The maximum absolute atomic E-state index is 11.8. The molecule has 1 aromatic heterocycles. The van der Waals surface area contributed by atoms with Gasteiger partial charge in [0, 0.05) is 24.1 Å². The zero-order valence-electron chi connectivity index (χ0n) is 16.1. The summed E-state index contributed by atoms with van der Waals surface area (Å²) in [4.78, 5) is 16.4. The van der Waals surface area contributed by atoms with Gasteiger partial charge in [-0.15, -0.1) is 0 Å². The van der Waals surface area contributed by atoms with E-state index in [9.17, 15) is 4.79 Å². The van der Waals surface area contributed by atoms with Gasteiger partial charge < -0.3 is 9.47 Å². The number of fused-ring (bicyclic) bond motifs is 1. The Kier molecular flexibility index (Phi) is 6.07. The number of nitrogens with zero attached hydrogens (tertiary/aromatic N) is 1. The first kappa shape index (κ1) is 18.9. The second kappa shape index (κ2) is 8.67. The predicted molar refractivity (Wildman–Crippen MR) is 107 cm³/mol. The number of carbonyl (C=O) groups excluding carboxylic acids is 1. The third kappa shape index (κ3) is 4.27. The summed E-state index contributed by atoms with van der Waals surface area (Å²) in [6, 6.07) is 16.0. The molecule has 0 radical (unpaired) electrons. The van der Waals surface area contributed by atoms with Gasteiger partial charge in [0.2, 0.25) is 0 Å². The van der Waals surface area contributed by atoms with E-state index >= 15 is 0 Å². The van der Waals surface area contributed by atoms with Crippen LogP contribution in [0.2, 0.25) is 0 Å². The number of rotatable bonds is 7.